The van der Waals surface area contributed by atoms with Crippen molar-refractivity contribution in [3.63, 3.8) is 0 Å². The van der Waals surface area contributed by atoms with Crippen LogP contribution in [0.15, 0.2) is 18.2 Å². The lowest BCUT2D eigenvalue weighted by Gasteiger charge is -2.27. The second-order valence-corrected chi connectivity index (χ2v) is 5.87. The number of nitrogens with zero attached hydrogens (tertiary/aromatic N) is 1. The van der Waals surface area contributed by atoms with Gasteiger partial charge in [-0.05, 0) is 29.9 Å². The summed E-state index contributed by atoms with van der Waals surface area (Å²) < 4.78 is 0. The summed E-state index contributed by atoms with van der Waals surface area (Å²) in [6.07, 6.45) is 1.24. The fourth-order valence-corrected chi connectivity index (χ4v) is 3.71. The SMILES string of the molecule is CN(c1ccc(CCl)cc1Cl)C1CCSC1. The summed E-state index contributed by atoms with van der Waals surface area (Å²) in [6, 6.07) is 6.70. The number of rotatable bonds is 3. The average Bonchev–Trinajstić information content (AvgIpc) is 2.81. The second-order valence-electron chi connectivity index (χ2n) is 4.05. The molecular weight excluding hydrogens is 261 g/mol. The minimum atomic E-state index is 0.517. The summed E-state index contributed by atoms with van der Waals surface area (Å²) in [5.41, 5.74) is 2.19. The molecule has 4 heteroatoms. The van der Waals surface area contributed by atoms with Gasteiger partial charge in [-0.3, -0.25) is 0 Å². The Morgan fingerprint density at radius 3 is 2.88 bits per heavy atom. The van der Waals surface area contributed by atoms with Crippen molar-refractivity contribution in [1.82, 2.24) is 0 Å². The lowest BCUT2D eigenvalue weighted by atomic mass is 10.1. The molecule has 1 aliphatic rings. The van der Waals surface area contributed by atoms with Crippen LogP contribution in [0, 0.1) is 0 Å². The van der Waals surface area contributed by atoms with Crippen molar-refractivity contribution in [2.45, 2.75) is 18.3 Å². The first-order chi connectivity index (χ1) is 7.72. The number of thioether (sulfide) groups is 1. The van der Waals surface area contributed by atoms with Crippen molar-refractivity contribution in [1.29, 1.82) is 0 Å². The molecule has 1 atom stereocenters. The molecule has 2 rings (SSSR count). The molecule has 1 saturated heterocycles. The highest BCUT2D eigenvalue weighted by Crippen LogP contribution is 2.31. The Morgan fingerprint density at radius 1 is 1.50 bits per heavy atom. The van der Waals surface area contributed by atoms with Gasteiger partial charge in [-0.15, -0.1) is 11.6 Å². The van der Waals surface area contributed by atoms with E-state index in [1.165, 1.54) is 17.9 Å². The van der Waals surface area contributed by atoms with Crippen molar-refractivity contribution in [3.8, 4) is 0 Å². The summed E-state index contributed by atoms with van der Waals surface area (Å²) in [7, 11) is 2.12. The van der Waals surface area contributed by atoms with Gasteiger partial charge >= 0.3 is 0 Å². The maximum absolute atomic E-state index is 6.27. The van der Waals surface area contributed by atoms with E-state index in [0.717, 1.165) is 16.3 Å². The quantitative estimate of drug-likeness (QED) is 0.767. The van der Waals surface area contributed by atoms with Gasteiger partial charge in [0.15, 0.2) is 0 Å². The fourth-order valence-electron chi connectivity index (χ4n) is 1.94. The van der Waals surface area contributed by atoms with Crippen LogP contribution in [0.25, 0.3) is 0 Å². The topological polar surface area (TPSA) is 3.24 Å². The van der Waals surface area contributed by atoms with E-state index in [1.54, 1.807) is 0 Å². The molecule has 0 N–H and O–H groups in total. The minimum absolute atomic E-state index is 0.517. The number of benzene rings is 1. The highest BCUT2D eigenvalue weighted by molar-refractivity contribution is 7.99. The van der Waals surface area contributed by atoms with E-state index in [9.17, 15) is 0 Å². The first-order valence-corrected chi connectivity index (χ1v) is 7.44. The summed E-state index contributed by atoms with van der Waals surface area (Å²) in [6.45, 7) is 0. The molecule has 88 valence electrons. The zero-order valence-electron chi connectivity index (χ0n) is 9.25. The van der Waals surface area contributed by atoms with E-state index >= 15 is 0 Å². The van der Waals surface area contributed by atoms with Gasteiger partial charge in [-0.25, -0.2) is 0 Å². The lowest BCUT2D eigenvalue weighted by molar-refractivity contribution is 0.700. The van der Waals surface area contributed by atoms with Crippen molar-refractivity contribution >= 4 is 40.7 Å². The first-order valence-electron chi connectivity index (χ1n) is 5.37. The molecule has 0 aromatic heterocycles. The zero-order valence-corrected chi connectivity index (χ0v) is 11.6. The number of halogens is 2. The number of anilines is 1. The van der Waals surface area contributed by atoms with Crippen LogP contribution in [0.2, 0.25) is 5.02 Å². The van der Waals surface area contributed by atoms with E-state index < -0.39 is 0 Å². The average molecular weight is 276 g/mol. The first kappa shape index (κ1) is 12.4. The Kier molecular flexibility index (Phi) is 4.28. The zero-order chi connectivity index (χ0) is 11.5. The van der Waals surface area contributed by atoms with Crippen LogP contribution in [0.3, 0.4) is 0 Å². The summed E-state index contributed by atoms with van der Waals surface area (Å²) >= 11 is 14.1. The lowest BCUT2D eigenvalue weighted by Crippen LogP contribution is -2.31. The highest BCUT2D eigenvalue weighted by Gasteiger charge is 2.21. The molecule has 0 spiro atoms. The van der Waals surface area contributed by atoms with Crippen LogP contribution in [0.4, 0.5) is 5.69 Å². The van der Waals surface area contributed by atoms with E-state index in [2.05, 4.69) is 18.0 Å². The molecule has 1 aliphatic heterocycles. The Bertz CT molecular complexity index is 364. The van der Waals surface area contributed by atoms with Crippen molar-refractivity contribution in [3.05, 3.63) is 28.8 Å². The molecule has 0 bridgehead atoms. The van der Waals surface area contributed by atoms with Gasteiger partial charge in [0, 0.05) is 24.7 Å². The third kappa shape index (κ3) is 2.61. The maximum Gasteiger partial charge on any atom is 0.0642 e. The van der Waals surface area contributed by atoms with E-state index in [0.29, 0.717) is 11.9 Å². The van der Waals surface area contributed by atoms with Gasteiger partial charge in [0.05, 0.1) is 10.7 Å². The molecule has 1 unspecified atom stereocenters. The normalized spacial score (nSPS) is 20.1. The van der Waals surface area contributed by atoms with Crippen LogP contribution in [-0.4, -0.2) is 24.6 Å². The number of hydrogen-bond donors (Lipinski definition) is 0. The van der Waals surface area contributed by atoms with Crippen molar-refractivity contribution in [2.75, 3.05) is 23.5 Å². The van der Waals surface area contributed by atoms with E-state index in [-0.39, 0.29) is 0 Å². The third-order valence-electron chi connectivity index (χ3n) is 3.00. The molecule has 1 fully saturated rings. The number of alkyl halides is 1. The van der Waals surface area contributed by atoms with Gasteiger partial charge in [0.1, 0.15) is 0 Å². The van der Waals surface area contributed by atoms with Gasteiger partial charge in [0.2, 0.25) is 0 Å². The molecule has 16 heavy (non-hydrogen) atoms. The summed E-state index contributed by atoms with van der Waals surface area (Å²) in [5, 5.41) is 0.803. The fraction of sp³-hybridized carbons (Fsp3) is 0.500. The van der Waals surface area contributed by atoms with E-state index in [4.69, 9.17) is 23.2 Å². The van der Waals surface area contributed by atoms with Crippen LogP contribution >= 0.6 is 35.0 Å². The Morgan fingerprint density at radius 2 is 2.31 bits per heavy atom. The highest BCUT2D eigenvalue weighted by atomic mass is 35.5. The summed E-state index contributed by atoms with van der Waals surface area (Å²) in [5.74, 6) is 2.97. The van der Waals surface area contributed by atoms with E-state index in [1.807, 2.05) is 23.9 Å². The Hall–Kier alpha value is -0.0500. The van der Waals surface area contributed by atoms with Gasteiger partial charge in [-0.1, -0.05) is 17.7 Å². The van der Waals surface area contributed by atoms with Crippen LogP contribution in [-0.2, 0) is 5.88 Å². The number of hydrogen-bond acceptors (Lipinski definition) is 2. The Balaban J connectivity index is 2.19. The van der Waals surface area contributed by atoms with Crippen molar-refractivity contribution in [2.24, 2.45) is 0 Å². The smallest absolute Gasteiger partial charge is 0.0642 e. The molecule has 0 saturated carbocycles. The molecule has 1 aromatic rings. The van der Waals surface area contributed by atoms with Crippen molar-refractivity contribution < 1.29 is 0 Å². The third-order valence-corrected chi connectivity index (χ3v) is 4.76. The standard InChI is InChI=1S/C12H15Cl2NS/c1-15(10-4-5-16-8-10)12-3-2-9(7-13)6-11(12)14/h2-3,6,10H,4-5,7-8H2,1H3. The summed E-state index contributed by atoms with van der Waals surface area (Å²) in [4.78, 5) is 2.29. The molecule has 1 nitrogen and oxygen atoms in total. The van der Waals surface area contributed by atoms with Crippen LogP contribution in [0.5, 0.6) is 0 Å². The Labute approximate surface area is 111 Å². The monoisotopic (exact) mass is 275 g/mol. The second kappa shape index (κ2) is 5.52. The molecule has 0 amide bonds. The molecule has 1 heterocycles. The van der Waals surface area contributed by atoms with Crippen LogP contribution < -0.4 is 4.90 Å². The minimum Gasteiger partial charge on any atom is -0.370 e. The largest absolute Gasteiger partial charge is 0.370 e. The predicted molar refractivity (Wildman–Crippen MR) is 75.1 cm³/mol. The van der Waals surface area contributed by atoms with Crippen LogP contribution in [0.1, 0.15) is 12.0 Å². The van der Waals surface area contributed by atoms with Gasteiger partial charge in [0.25, 0.3) is 0 Å². The molecular formula is C12H15Cl2NS. The van der Waals surface area contributed by atoms with Gasteiger partial charge < -0.3 is 4.90 Å². The van der Waals surface area contributed by atoms with Gasteiger partial charge in [-0.2, -0.15) is 11.8 Å². The maximum atomic E-state index is 6.27. The molecule has 0 aliphatic carbocycles. The molecule has 1 aromatic carbocycles. The molecule has 0 radical (unpaired) electrons. The predicted octanol–water partition coefficient (Wildman–Crippen LogP) is 4.02.